The maximum absolute atomic E-state index is 12.3. The van der Waals surface area contributed by atoms with Crippen molar-refractivity contribution in [3.63, 3.8) is 0 Å². The van der Waals surface area contributed by atoms with E-state index in [0.717, 1.165) is 12.1 Å². The van der Waals surface area contributed by atoms with Crippen LogP contribution in [0, 0.1) is 5.92 Å². The molecule has 1 heterocycles. The molecule has 0 fully saturated rings. The van der Waals surface area contributed by atoms with E-state index in [1.54, 1.807) is 30.5 Å². The fraction of sp³-hybridized carbons (Fsp3) is 0.316. The molecule has 1 aromatic heterocycles. The van der Waals surface area contributed by atoms with Crippen LogP contribution in [0.1, 0.15) is 36.3 Å². The van der Waals surface area contributed by atoms with Crippen LogP contribution in [0.15, 0.2) is 48.7 Å². The number of carbonyl (C=O) groups excluding carboxylic acids is 2. The molecule has 6 nitrogen and oxygen atoms in total. The lowest BCUT2D eigenvalue weighted by Gasteiger charge is -2.18. The van der Waals surface area contributed by atoms with Gasteiger partial charge in [0.15, 0.2) is 0 Å². The summed E-state index contributed by atoms with van der Waals surface area (Å²) < 4.78 is 0. The second kappa shape index (κ2) is 12.3. The summed E-state index contributed by atoms with van der Waals surface area (Å²) in [6, 6.07) is 11.7. The number of aromatic nitrogens is 1. The molecule has 0 bridgehead atoms. The third-order valence-electron chi connectivity index (χ3n) is 4.11. The van der Waals surface area contributed by atoms with Crippen molar-refractivity contribution in [2.24, 2.45) is 11.7 Å². The third-order valence-corrected chi connectivity index (χ3v) is 4.11. The van der Waals surface area contributed by atoms with Gasteiger partial charge in [-0.3, -0.25) is 14.6 Å². The summed E-state index contributed by atoms with van der Waals surface area (Å²) in [6.45, 7) is 4.27. The molecule has 2 rings (SSSR count). The van der Waals surface area contributed by atoms with Gasteiger partial charge in [0.05, 0.1) is 18.3 Å². The van der Waals surface area contributed by atoms with Crippen LogP contribution in [0.25, 0.3) is 0 Å². The van der Waals surface area contributed by atoms with E-state index in [-0.39, 0.29) is 42.5 Å². The topological polar surface area (TPSA) is 97.1 Å². The fourth-order valence-corrected chi connectivity index (χ4v) is 2.25. The first-order chi connectivity index (χ1) is 12.0. The Bertz CT molecular complexity index is 729. The van der Waals surface area contributed by atoms with Crippen molar-refractivity contribution in [1.29, 1.82) is 0 Å². The molecule has 8 heteroatoms. The van der Waals surface area contributed by atoms with E-state index in [1.807, 2.05) is 32.0 Å². The summed E-state index contributed by atoms with van der Waals surface area (Å²) in [5.74, 6) is -0.391. The maximum Gasteiger partial charge on any atom is 0.251 e. The smallest absolute Gasteiger partial charge is 0.251 e. The van der Waals surface area contributed by atoms with Crippen molar-refractivity contribution in [3.05, 3.63) is 59.9 Å². The molecule has 4 N–H and O–H groups in total. The highest BCUT2D eigenvalue weighted by Gasteiger charge is 2.19. The Kier molecular flexibility index (Phi) is 11.3. The van der Waals surface area contributed by atoms with E-state index >= 15 is 0 Å². The van der Waals surface area contributed by atoms with Crippen molar-refractivity contribution in [2.75, 3.05) is 5.32 Å². The molecule has 148 valence electrons. The minimum atomic E-state index is -0.577. The van der Waals surface area contributed by atoms with Crippen molar-refractivity contribution in [1.82, 2.24) is 10.3 Å². The molecule has 2 aromatic rings. The van der Waals surface area contributed by atoms with E-state index in [1.165, 1.54) is 0 Å². The number of anilines is 1. The van der Waals surface area contributed by atoms with Crippen LogP contribution in [0.3, 0.4) is 0 Å². The number of pyridine rings is 1. The molecule has 0 aliphatic heterocycles. The van der Waals surface area contributed by atoms with Gasteiger partial charge in [-0.1, -0.05) is 32.4 Å². The van der Waals surface area contributed by atoms with Gasteiger partial charge in [-0.25, -0.2) is 0 Å². The lowest BCUT2D eigenvalue weighted by atomic mass is 9.99. The highest BCUT2D eigenvalue weighted by atomic mass is 35.5. The van der Waals surface area contributed by atoms with E-state index in [4.69, 9.17) is 5.73 Å². The zero-order chi connectivity index (χ0) is 18.2. The van der Waals surface area contributed by atoms with Crippen molar-refractivity contribution in [3.8, 4) is 0 Å². The average molecular weight is 413 g/mol. The fourth-order valence-electron chi connectivity index (χ4n) is 2.25. The Morgan fingerprint density at radius 1 is 1.15 bits per heavy atom. The van der Waals surface area contributed by atoms with E-state index in [2.05, 4.69) is 15.6 Å². The number of amides is 2. The van der Waals surface area contributed by atoms with Gasteiger partial charge in [0.1, 0.15) is 0 Å². The Morgan fingerprint density at radius 3 is 2.52 bits per heavy atom. The molecule has 0 aliphatic rings. The van der Waals surface area contributed by atoms with E-state index in [9.17, 15) is 9.59 Å². The predicted octanol–water partition coefficient (Wildman–Crippen LogP) is 3.17. The monoisotopic (exact) mass is 412 g/mol. The Labute approximate surface area is 172 Å². The minimum Gasteiger partial charge on any atom is -0.346 e. The zero-order valence-corrected chi connectivity index (χ0v) is 17.0. The quantitative estimate of drug-likeness (QED) is 0.650. The van der Waals surface area contributed by atoms with Crippen LogP contribution in [-0.4, -0.2) is 22.8 Å². The van der Waals surface area contributed by atoms with Crippen LogP contribution in [0.2, 0.25) is 0 Å². The maximum atomic E-state index is 12.3. The molecular formula is C19H26Cl2N4O2. The van der Waals surface area contributed by atoms with Crippen molar-refractivity contribution < 1.29 is 9.59 Å². The van der Waals surface area contributed by atoms with Crippen LogP contribution in [0.4, 0.5) is 5.69 Å². The molecule has 27 heavy (non-hydrogen) atoms. The number of nitrogens with one attached hydrogen (secondary N) is 2. The molecule has 0 saturated heterocycles. The van der Waals surface area contributed by atoms with Gasteiger partial charge < -0.3 is 16.4 Å². The average Bonchev–Trinajstić information content (AvgIpc) is 2.65. The van der Waals surface area contributed by atoms with Gasteiger partial charge in [0.25, 0.3) is 5.91 Å². The van der Waals surface area contributed by atoms with Gasteiger partial charge in [-0.2, -0.15) is 0 Å². The normalized spacial score (nSPS) is 12.0. The first kappa shape index (κ1) is 24.8. The van der Waals surface area contributed by atoms with E-state index in [0.29, 0.717) is 17.8 Å². The Morgan fingerprint density at radius 2 is 1.89 bits per heavy atom. The molecule has 2 amide bonds. The predicted molar refractivity (Wildman–Crippen MR) is 112 cm³/mol. The molecular weight excluding hydrogens is 387 g/mol. The summed E-state index contributed by atoms with van der Waals surface area (Å²) in [5, 5.41) is 5.58. The molecule has 0 spiro atoms. The number of nitrogens with two attached hydrogens (primary N) is 1. The number of hydrogen-bond acceptors (Lipinski definition) is 4. The summed E-state index contributed by atoms with van der Waals surface area (Å²) in [5.41, 5.74) is 7.72. The SMILES string of the molecule is CCC(C)C(N)C(=O)Nc1cccc(C(=O)NCc2ccccn2)c1.Cl.Cl. The minimum absolute atomic E-state index is 0. The highest BCUT2D eigenvalue weighted by Crippen LogP contribution is 2.13. The second-order valence-electron chi connectivity index (χ2n) is 5.99. The lowest BCUT2D eigenvalue weighted by molar-refractivity contribution is -0.118. The Balaban J connectivity index is 0.00000338. The number of rotatable bonds is 7. The standard InChI is InChI=1S/C19H24N4O2.2ClH/c1-3-13(2)17(20)19(25)23-15-9-6-7-14(11-15)18(24)22-12-16-8-4-5-10-21-16;;/h4-11,13,17H,3,12,20H2,1-2H3,(H,22,24)(H,23,25);2*1H. The van der Waals surface area contributed by atoms with Gasteiger partial charge >= 0.3 is 0 Å². The van der Waals surface area contributed by atoms with Gasteiger partial charge in [0.2, 0.25) is 5.91 Å². The van der Waals surface area contributed by atoms with Crippen molar-refractivity contribution >= 4 is 42.3 Å². The summed E-state index contributed by atoms with van der Waals surface area (Å²) >= 11 is 0. The second-order valence-corrected chi connectivity index (χ2v) is 5.99. The van der Waals surface area contributed by atoms with Crippen molar-refractivity contribution in [2.45, 2.75) is 32.9 Å². The van der Waals surface area contributed by atoms with Gasteiger partial charge in [-0.05, 0) is 36.2 Å². The number of halogens is 2. The third kappa shape index (κ3) is 7.54. The van der Waals surface area contributed by atoms with Gasteiger partial charge in [0, 0.05) is 17.4 Å². The molecule has 2 unspecified atom stereocenters. The van der Waals surface area contributed by atoms with Crippen LogP contribution in [0.5, 0.6) is 0 Å². The number of nitrogens with zero attached hydrogens (tertiary/aromatic N) is 1. The number of benzene rings is 1. The largest absolute Gasteiger partial charge is 0.346 e. The molecule has 0 radical (unpaired) electrons. The van der Waals surface area contributed by atoms with Crippen LogP contribution in [-0.2, 0) is 11.3 Å². The molecule has 0 saturated carbocycles. The summed E-state index contributed by atoms with van der Waals surface area (Å²) in [4.78, 5) is 28.6. The molecule has 0 aliphatic carbocycles. The zero-order valence-electron chi connectivity index (χ0n) is 15.3. The van der Waals surface area contributed by atoms with Crippen LogP contribution < -0.4 is 16.4 Å². The number of hydrogen-bond donors (Lipinski definition) is 3. The molecule has 1 aromatic carbocycles. The van der Waals surface area contributed by atoms with Gasteiger partial charge in [-0.15, -0.1) is 24.8 Å². The lowest BCUT2D eigenvalue weighted by Crippen LogP contribution is -2.40. The van der Waals surface area contributed by atoms with Crippen LogP contribution >= 0.6 is 24.8 Å². The first-order valence-corrected chi connectivity index (χ1v) is 8.36. The summed E-state index contributed by atoms with van der Waals surface area (Å²) in [6.07, 6.45) is 2.50. The highest BCUT2D eigenvalue weighted by molar-refractivity contribution is 5.98. The number of carbonyl (C=O) groups is 2. The first-order valence-electron chi connectivity index (χ1n) is 8.36. The molecule has 2 atom stereocenters. The van der Waals surface area contributed by atoms with E-state index < -0.39 is 6.04 Å². The summed E-state index contributed by atoms with van der Waals surface area (Å²) in [7, 11) is 0. The Hall–Kier alpha value is -2.15.